The van der Waals surface area contributed by atoms with Gasteiger partial charge in [-0.25, -0.2) is 0 Å². The van der Waals surface area contributed by atoms with Gasteiger partial charge in [0.1, 0.15) is 0 Å². The predicted octanol–water partition coefficient (Wildman–Crippen LogP) is 2.01. The van der Waals surface area contributed by atoms with E-state index < -0.39 is 0 Å². The zero-order valence-electron chi connectivity index (χ0n) is 10.8. The normalized spacial score (nSPS) is 20.8. The van der Waals surface area contributed by atoms with Crippen LogP contribution in [0.15, 0.2) is 0 Å². The monoisotopic (exact) mass is 228 g/mol. The highest BCUT2D eigenvalue weighted by Crippen LogP contribution is 2.13. The second kappa shape index (κ2) is 8.97. The first-order valence-corrected chi connectivity index (χ1v) is 6.83. The first kappa shape index (κ1) is 13.9. The molecule has 0 radical (unpaired) electrons. The number of hydrogen-bond acceptors (Lipinski definition) is 3. The smallest absolute Gasteiger partial charge is 0.0702 e. The maximum absolute atomic E-state index is 5.63. The number of hydrogen-bond donors (Lipinski definition) is 1. The summed E-state index contributed by atoms with van der Waals surface area (Å²) < 4.78 is 5.63. The van der Waals surface area contributed by atoms with Gasteiger partial charge in [0, 0.05) is 13.2 Å². The van der Waals surface area contributed by atoms with E-state index in [1.54, 1.807) is 0 Å². The van der Waals surface area contributed by atoms with Gasteiger partial charge in [0.05, 0.1) is 6.10 Å². The third-order valence-electron chi connectivity index (χ3n) is 3.28. The van der Waals surface area contributed by atoms with E-state index in [2.05, 4.69) is 11.9 Å². The first-order chi connectivity index (χ1) is 7.83. The second-order valence-corrected chi connectivity index (χ2v) is 4.95. The molecule has 1 fully saturated rings. The Labute approximate surface area is 100 Å². The Bertz CT molecular complexity index is 158. The number of nitrogens with two attached hydrogens (primary N) is 1. The van der Waals surface area contributed by atoms with E-state index in [-0.39, 0.29) is 0 Å². The summed E-state index contributed by atoms with van der Waals surface area (Å²) in [4.78, 5) is 2.42. The molecule has 2 N–H and O–H groups in total. The molecule has 0 aromatic rings. The lowest BCUT2D eigenvalue weighted by Crippen LogP contribution is -2.29. The molecule has 1 saturated heterocycles. The highest BCUT2D eigenvalue weighted by atomic mass is 16.5. The largest absolute Gasteiger partial charge is 0.377 e. The van der Waals surface area contributed by atoms with Crippen LogP contribution in [0.4, 0.5) is 0 Å². The van der Waals surface area contributed by atoms with Crippen molar-refractivity contribution in [3.05, 3.63) is 0 Å². The van der Waals surface area contributed by atoms with Crippen molar-refractivity contribution in [3.63, 3.8) is 0 Å². The maximum Gasteiger partial charge on any atom is 0.0702 e. The third-order valence-corrected chi connectivity index (χ3v) is 3.28. The molecule has 0 aromatic carbocycles. The zero-order valence-corrected chi connectivity index (χ0v) is 10.8. The molecule has 1 aliphatic heterocycles. The number of nitrogens with zero attached hydrogens (tertiary/aromatic N) is 1. The van der Waals surface area contributed by atoms with Crippen LogP contribution in [0.1, 0.15) is 44.9 Å². The lowest BCUT2D eigenvalue weighted by molar-refractivity contribution is 0.0807. The lowest BCUT2D eigenvalue weighted by atomic mass is 10.1. The highest BCUT2D eigenvalue weighted by Gasteiger charge is 2.16. The Morgan fingerprint density at radius 3 is 2.62 bits per heavy atom. The van der Waals surface area contributed by atoms with E-state index >= 15 is 0 Å². The van der Waals surface area contributed by atoms with E-state index in [0.717, 1.165) is 19.7 Å². The van der Waals surface area contributed by atoms with Crippen LogP contribution >= 0.6 is 0 Å². The standard InChI is InChI=1S/C13H28N2O/c1-15(12-13-8-7-11-16-13)10-6-4-2-3-5-9-14/h13H,2-12,14H2,1H3. The molecule has 0 amide bonds. The van der Waals surface area contributed by atoms with Gasteiger partial charge in [0.25, 0.3) is 0 Å². The van der Waals surface area contributed by atoms with Crippen LogP contribution in [0, 0.1) is 0 Å². The highest BCUT2D eigenvalue weighted by molar-refractivity contribution is 4.68. The molecule has 1 aliphatic rings. The van der Waals surface area contributed by atoms with Gasteiger partial charge in [0.2, 0.25) is 0 Å². The summed E-state index contributed by atoms with van der Waals surface area (Å²) in [5, 5.41) is 0. The minimum absolute atomic E-state index is 0.502. The van der Waals surface area contributed by atoms with E-state index in [1.165, 1.54) is 51.5 Å². The fourth-order valence-corrected chi connectivity index (χ4v) is 2.28. The molecule has 0 aliphatic carbocycles. The average molecular weight is 228 g/mol. The van der Waals surface area contributed by atoms with E-state index in [4.69, 9.17) is 10.5 Å². The van der Waals surface area contributed by atoms with Crippen molar-refractivity contribution in [2.24, 2.45) is 5.73 Å². The Kier molecular flexibility index (Phi) is 7.81. The lowest BCUT2D eigenvalue weighted by Gasteiger charge is -2.20. The molecule has 16 heavy (non-hydrogen) atoms. The average Bonchev–Trinajstić information content (AvgIpc) is 2.76. The van der Waals surface area contributed by atoms with Crippen molar-refractivity contribution in [2.75, 3.05) is 33.3 Å². The molecule has 3 nitrogen and oxygen atoms in total. The van der Waals surface area contributed by atoms with Gasteiger partial charge in [-0.3, -0.25) is 0 Å². The van der Waals surface area contributed by atoms with Crippen molar-refractivity contribution >= 4 is 0 Å². The van der Waals surface area contributed by atoms with E-state index in [0.29, 0.717) is 6.10 Å². The molecule has 1 unspecified atom stereocenters. The van der Waals surface area contributed by atoms with Crippen LogP contribution in [0.3, 0.4) is 0 Å². The minimum Gasteiger partial charge on any atom is -0.377 e. The Morgan fingerprint density at radius 1 is 1.19 bits per heavy atom. The van der Waals surface area contributed by atoms with Gasteiger partial charge in [0.15, 0.2) is 0 Å². The van der Waals surface area contributed by atoms with Crippen LogP contribution in [-0.4, -0.2) is 44.3 Å². The fourth-order valence-electron chi connectivity index (χ4n) is 2.28. The number of unbranched alkanes of at least 4 members (excludes halogenated alkanes) is 4. The van der Waals surface area contributed by atoms with E-state index in [9.17, 15) is 0 Å². The molecule has 1 atom stereocenters. The van der Waals surface area contributed by atoms with Crippen molar-refractivity contribution < 1.29 is 4.74 Å². The maximum atomic E-state index is 5.63. The molecule has 3 heteroatoms. The molecular formula is C13H28N2O. The summed E-state index contributed by atoms with van der Waals surface area (Å²) >= 11 is 0. The van der Waals surface area contributed by atoms with Crippen molar-refractivity contribution in [3.8, 4) is 0 Å². The molecule has 96 valence electrons. The van der Waals surface area contributed by atoms with Gasteiger partial charge in [-0.2, -0.15) is 0 Å². The Balaban J connectivity index is 1.87. The summed E-state index contributed by atoms with van der Waals surface area (Å²) in [6.45, 7) is 4.14. The summed E-state index contributed by atoms with van der Waals surface area (Å²) in [5.41, 5.74) is 5.46. The topological polar surface area (TPSA) is 38.5 Å². The Hall–Kier alpha value is -0.120. The molecule has 0 bridgehead atoms. The minimum atomic E-state index is 0.502. The van der Waals surface area contributed by atoms with Crippen LogP contribution in [0.5, 0.6) is 0 Å². The van der Waals surface area contributed by atoms with Gasteiger partial charge >= 0.3 is 0 Å². The second-order valence-electron chi connectivity index (χ2n) is 4.95. The van der Waals surface area contributed by atoms with Gasteiger partial charge in [-0.1, -0.05) is 19.3 Å². The molecule has 0 aromatic heterocycles. The van der Waals surface area contributed by atoms with Crippen LogP contribution < -0.4 is 5.73 Å². The predicted molar refractivity (Wildman–Crippen MR) is 68.6 cm³/mol. The molecular weight excluding hydrogens is 200 g/mol. The quantitative estimate of drug-likeness (QED) is 0.614. The summed E-state index contributed by atoms with van der Waals surface area (Å²) in [6.07, 6.45) is 9.48. The van der Waals surface area contributed by atoms with Gasteiger partial charge < -0.3 is 15.4 Å². The number of likely N-dealkylation sites (N-methyl/N-ethyl adjacent to an activating group) is 1. The van der Waals surface area contributed by atoms with Crippen LogP contribution in [0.2, 0.25) is 0 Å². The molecule has 1 rings (SSSR count). The third kappa shape index (κ3) is 6.46. The zero-order chi connectivity index (χ0) is 11.6. The number of rotatable bonds is 9. The summed E-state index contributed by atoms with van der Waals surface area (Å²) in [6, 6.07) is 0. The molecule has 0 spiro atoms. The van der Waals surface area contributed by atoms with Crippen molar-refractivity contribution in [1.82, 2.24) is 4.90 Å². The molecule has 1 heterocycles. The van der Waals surface area contributed by atoms with Gasteiger partial charge in [-0.05, 0) is 45.8 Å². The SMILES string of the molecule is CN(CCCCCCCN)CC1CCCO1. The molecule has 0 saturated carbocycles. The first-order valence-electron chi connectivity index (χ1n) is 6.83. The fraction of sp³-hybridized carbons (Fsp3) is 1.00. The van der Waals surface area contributed by atoms with Crippen molar-refractivity contribution in [1.29, 1.82) is 0 Å². The summed E-state index contributed by atoms with van der Waals surface area (Å²) in [5.74, 6) is 0. The Morgan fingerprint density at radius 2 is 1.94 bits per heavy atom. The summed E-state index contributed by atoms with van der Waals surface area (Å²) in [7, 11) is 2.21. The van der Waals surface area contributed by atoms with E-state index in [1.807, 2.05) is 0 Å². The number of ether oxygens (including phenoxy) is 1. The van der Waals surface area contributed by atoms with Crippen LogP contribution in [0.25, 0.3) is 0 Å². The van der Waals surface area contributed by atoms with Crippen molar-refractivity contribution in [2.45, 2.75) is 51.0 Å². The van der Waals surface area contributed by atoms with Gasteiger partial charge in [-0.15, -0.1) is 0 Å². The van der Waals surface area contributed by atoms with Crippen LogP contribution in [-0.2, 0) is 4.74 Å².